The Balaban J connectivity index is 2.47. The maximum Gasteiger partial charge on any atom is 0.225 e. The first kappa shape index (κ1) is 12.5. The van der Waals surface area contributed by atoms with Crippen LogP contribution in [0.15, 0.2) is 0 Å². The van der Waals surface area contributed by atoms with Crippen LogP contribution in [-0.2, 0) is 4.79 Å². The lowest BCUT2D eigenvalue weighted by molar-refractivity contribution is -0.138. The van der Waals surface area contributed by atoms with E-state index in [1.807, 2.05) is 18.7 Å². The molecule has 3 N–H and O–H groups in total. The quantitative estimate of drug-likeness (QED) is 0.705. The summed E-state index contributed by atoms with van der Waals surface area (Å²) in [4.78, 5) is 13.8. The number of rotatable bonds is 3. The highest BCUT2D eigenvalue weighted by atomic mass is 16.3. The molecular weight excluding hydrogens is 192 g/mol. The van der Waals surface area contributed by atoms with Crippen molar-refractivity contribution in [3.05, 3.63) is 0 Å². The molecule has 0 bridgehead atoms. The third-order valence-corrected chi connectivity index (χ3v) is 3.19. The largest absolute Gasteiger partial charge is 0.393 e. The van der Waals surface area contributed by atoms with E-state index in [1.54, 1.807) is 0 Å². The Bertz CT molecular complexity index is 221. The summed E-state index contributed by atoms with van der Waals surface area (Å²) in [5.74, 6) is 0.379. The number of aliphatic hydroxyl groups is 1. The van der Waals surface area contributed by atoms with Gasteiger partial charge in [0.15, 0.2) is 0 Å². The number of hydrogen-bond donors (Lipinski definition) is 2. The van der Waals surface area contributed by atoms with Crippen molar-refractivity contribution in [2.24, 2.45) is 17.6 Å². The molecule has 0 aromatic rings. The molecule has 0 radical (unpaired) electrons. The Morgan fingerprint density at radius 2 is 2.33 bits per heavy atom. The van der Waals surface area contributed by atoms with Gasteiger partial charge in [0.05, 0.1) is 6.10 Å². The zero-order chi connectivity index (χ0) is 11.4. The van der Waals surface area contributed by atoms with Crippen LogP contribution in [0.25, 0.3) is 0 Å². The van der Waals surface area contributed by atoms with Crippen molar-refractivity contribution >= 4 is 5.91 Å². The highest BCUT2D eigenvalue weighted by molar-refractivity contribution is 5.78. The maximum atomic E-state index is 11.9. The third kappa shape index (κ3) is 3.18. The zero-order valence-corrected chi connectivity index (χ0v) is 9.65. The molecule has 1 heterocycles. The lowest BCUT2D eigenvalue weighted by Crippen LogP contribution is -2.46. The Kier molecular flexibility index (Phi) is 4.54. The van der Waals surface area contributed by atoms with E-state index in [9.17, 15) is 9.90 Å². The predicted molar refractivity (Wildman–Crippen MR) is 59.2 cm³/mol. The SMILES string of the molecule is CC(CCN)C(=O)N1CCC(O)C(C)C1. The van der Waals surface area contributed by atoms with Crippen molar-refractivity contribution < 1.29 is 9.90 Å². The van der Waals surface area contributed by atoms with E-state index in [4.69, 9.17) is 5.73 Å². The molecule has 1 aliphatic heterocycles. The molecule has 0 aliphatic carbocycles. The summed E-state index contributed by atoms with van der Waals surface area (Å²) >= 11 is 0. The molecule has 1 saturated heterocycles. The molecule has 0 saturated carbocycles. The summed E-state index contributed by atoms with van der Waals surface area (Å²) in [6, 6.07) is 0. The monoisotopic (exact) mass is 214 g/mol. The lowest BCUT2D eigenvalue weighted by Gasteiger charge is -2.35. The number of nitrogens with zero attached hydrogens (tertiary/aromatic N) is 1. The second-order valence-electron chi connectivity index (χ2n) is 4.60. The minimum atomic E-state index is -0.251. The maximum absolute atomic E-state index is 11.9. The fraction of sp³-hybridized carbons (Fsp3) is 0.909. The second-order valence-corrected chi connectivity index (χ2v) is 4.60. The number of aliphatic hydroxyl groups excluding tert-OH is 1. The van der Waals surface area contributed by atoms with Crippen molar-refractivity contribution in [1.29, 1.82) is 0 Å². The van der Waals surface area contributed by atoms with E-state index in [0.29, 0.717) is 26.1 Å². The molecule has 1 amide bonds. The topological polar surface area (TPSA) is 66.6 Å². The van der Waals surface area contributed by atoms with Crippen molar-refractivity contribution in [3.63, 3.8) is 0 Å². The van der Waals surface area contributed by atoms with Gasteiger partial charge in [-0.1, -0.05) is 13.8 Å². The molecule has 4 nitrogen and oxygen atoms in total. The molecule has 15 heavy (non-hydrogen) atoms. The number of nitrogens with two attached hydrogens (primary N) is 1. The fourth-order valence-corrected chi connectivity index (χ4v) is 2.02. The first-order valence-corrected chi connectivity index (χ1v) is 5.73. The smallest absolute Gasteiger partial charge is 0.225 e. The van der Waals surface area contributed by atoms with Gasteiger partial charge in [0, 0.05) is 19.0 Å². The minimum Gasteiger partial charge on any atom is -0.393 e. The molecule has 1 fully saturated rings. The van der Waals surface area contributed by atoms with Crippen LogP contribution < -0.4 is 5.73 Å². The van der Waals surface area contributed by atoms with Crippen molar-refractivity contribution in [3.8, 4) is 0 Å². The summed E-state index contributed by atoms with van der Waals surface area (Å²) < 4.78 is 0. The van der Waals surface area contributed by atoms with E-state index in [0.717, 1.165) is 6.42 Å². The number of amides is 1. The number of piperidine rings is 1. The van der Waals surface area contributed by atoms with Gasteiger partial charge in [-0.25, -0.2) is 0 Å². The first-order chi connectivity index (χ1) is 7.06. The summed E-state index contributed by atoms with van der Waals surface area (Å²) in [6.07, 6.45) is 1.19. The Morgan fingerprint density at radius 3 is 2.87 bits per heavy atom. The average molecular weight is 214 g/mol. The molecule has 1 aliphatic rings. The highest BCUT2D eigenvalue weighted by Gasteiger charge is 2.28. The van der Waals surface area contributed by atoms with E-state index in [-0.39, 0.29) is 23.8 Å². The standard InChI is InChI=1S/C11H22N2O2/c1-8(3-5-12)11(15)13-6-4-10(14)9(2)7-13/h8-10,14H,3-7,12H2,1-2H3. The van der Waals surface area contributed by atoms with Crippen LogP contribution in [0.3, 0.4) is 0 Å². The van der Waals surface area contributed by atoms with Crippen LogP contribution in [0.2, 0.25) is 0 Å². The summed E-state index contributed by atoms with van der Waals surface area (Å²) in [5, 5.41) is 9.56. The van der Waals surface area contributed by atoms with Crippen molar-refractivity contribution in [2.45, 2.75) is 32.8 Å². The number of carbonyl (C=O) groups excluding carboxylic acids is 1. The first-order valence-electron chi connectivity index (χ1n) is 5.73. The number of carbonyl (C=O) groups is 1. The van der Waals surface area contributed by atoms with Crippen LogP contribution >= 0.6 is 0 Å². The van der Waals surface area contributed by atoms with E-state index in [1.165, 1.54) is 0 Å². The minimum absolute atomic E-state index is 0.0115. The lowest BCUT2D eigenvalue weighted by atomic mass is 9.95. The molecular formula is C11H22N2O2. The van der Waals surface area contributed by atoms with Crippen molar-refractivity contribution in [2.75, 3.05) is 19.6 Å². The van der Waals surface area contributed by atoms with Gasteiger partial charge >= 0.3 is 0 Å². The highest BCUT2D eigenvalue weighted by Crippen LogP contribution is 2.19. The predicted octanol–water partition coefficient (Wildman–Crippen LogP) is 0.201. The molecule has 4 heteroatoms. The van der Waals surface area contributed by atoms with Gasteiger partial charge in [0.1, 0.15) is 0 Å². The van der Waals surface area contributed by atoms with E-state index in [2.05, 4.69) is 0 Å². The van der Waals surface area contributed by atoms with Gasteiger partial charge in [-0.2, -0.15) is 0 Å². The number of likely N-dealkylation sites (tertiary alicyclic amines) is 1. The van der Waals surface area contributed by atoms with E-state index >= 15 is 0 Å². The molecule has 88 valence electrons. The van der Waals surface area contributed by atoms with Gasteiger partial charge in [-0.05, 0) is 25.3 Å². The Hall–Kier alpha value is -0.610. The van der Waals surface area contributed by atoms with Crippen LogP contribution in [0.5, 0.6) is 0 Å². The number of hydrogen-bond acceptors (Lipinski definition) is 3. The zero-order valence-electron chi connectivity index (χ0n) is 9.65. The van der Waals surface area contributed by atoms with Gasteiger partial charge in [0.2, 0.25) is 5.91 Å². The van der Waals surface area contributed by atoms with Crippen LogP contribution in [0.1, 0.15) is 26.7 Å². The van der Waals surface area contributed by atoms with Crippen molar-refractivity contribution in [1.82, 2.24) is 4.90 Å². The van der Waals surface area contributed by atoms with E-state index < -0.39 is 0 Å². The van der Waals surface area contributed by atoms with Crippen LogP contribution in [0, 0.1) is 11.8 Å². The molecule has 0 aromatic carbocycles. The Morgan fingerprint density at radius 1 is 1.67 bits per heavy atom. The fourth-order valence-electron chi connectivity index (χ4n) is 2.02. The molecule has 3 atom stereocenters. The van der Waals surface area contributed by atoms with Gasteiger partial charge in [0.25, 0.3) is 0 Å². The Labute approximate surface area is 91.4 Å². The second kappa shape index (κ2) is 5.47. The average Bonchev–Trinajstić information content (AvgIpc) is 2.21. The summed E-state index contributed by atoms with van der Waals surface area (Å²) in [7, 11) is 0. The normalized spacial score (nSPS) is 28.9. The molecule has 0 spiro atoms. The van der Waals surface area contributed by atoms with Gasteiger partial charge in [-0.15, -0.1) is 0 Å². The van der Waals surface area contributed by atoms with Crippen LogP contribution in [-0.4, -0.2) is 41.7 Å². The summed E-state index contributed by atoms with van der Waals surface area (Å²) in [6.45, 7) is 5.82. The van der Waals surface area contributed by atoms with Gasteiger partial charge in [-0.3, -0.25) is 4.79 Å². The third-order valence-electron chi connectivity index (χ3n) is 3.19. The van der Waals surface area contributed by atoms with Crippen LogP contribution in [0.4, 0.5) is 0 Å². The summed E-state index contributed by atoms with van der Waals surface area (Å²) in [5.41, 5.74) is 5.44. The molecule has 3 unspecified atom stereocenters. The molecule has 0 aromatic heterocycles. The van der Waals surface area contributed by atoms with Gasteiger partial charge < -0.3 is 15.7 Å². The molecule has 1 rings (SSSR count).